The quantitative estimate of drug-likeness (QED) is 0.936. The zero-order valence-corrected chi connectivity index (χ0v) is 11.7. The molecule has 2 rings (SSSR count). The van der Waals surface area contributed by atoms with E-state index in [4.69, 9.17) is 26.8 Å². The number of ether oxygens (including phenoxy) is 2. The molecule has 2 N–H and O–H groups in total. The lowest BCUT2D eigenvalue weighted by molar-refractivity contribution is 0.232. The molecule has 0 amide bonds. The van der Waals surface area contributed by atoms with Gasteiger partial charge in [0, 0.05) is 6.07 Å². The maximum absolute atomic E-state index is 13.1. The van der Waals surface area contributed by atoms with Gasteiger partial charge in [0.05, 0.1) is 11.1 Å². The molecule has 1 aromatic carbocycles. The lowest BCUT2D eigenvalue weighted by Gasteiger charge is -2.13. The van der Waals surface area contributed by atoms with Gasteiger partial charge in [0.25, 0.3) is 0 Å². The van der Waals surface area contributed by atoms with Gasteiger partial charge in [-0.1, -0.05) is 11.6 Å². The van der Waals surface area contributed by atoms with Crippen molar-refractivity contribution < 1.29 is 13.9 Å². The Balaban J connectivity index is 2.27. The molecule has 0 unspecified atom stereocenters. The number of rotatable bonds is 4. The van der Waals surface area contributed by atoms with E-state index < -0.39 is 5.82 Å². The summed E-state index contributed by atoms with van der Waals surface area (Å²) in [6.07, 6.45) is 1.19. The maximum Gasteiger partial charge on any atom is 0.249 e. The minimum atomic E-state index is -0.529. The van der Waals surface area contributed by atoms with Crippen molar-refractivity contribution in [1.29, 1.82) is 0 Å². The number of benzene rings is 1. The Morgan fingerprint density at radius 3 is 2.60 bits per heavy atom. The highest BCUT2D eigenvalue weighted by molar-refractivity contribution is 6.30. The minimum Gasteiger partial charge on any atom is -0.473 e. The van der Waals surface area contributed by atoms with E-state index in [2.05, 4.69) is 9.97 Å². The van der Waals surface area contributed by atoms with Crippen LogP contribution >= 0.6 is 11.6 Å². The van der Waals surface area contributed by atoms with Gasteiger partial charge < -0.3 is 15.2 Å². The number of nitrogens with zero attached hydrogens (tertiary/aromatic N) is 2. The standard InChI is InChI=1S/C13H13ClFN3O2/c1-7(2)19-12-11(16)13(18-6-17-12)20-8-3-4-10(15)9(14)5-8/h3-7H,16H2,1-2H3. The zero-order chi connectivity index (χ0) is 14.7. The van der Waals surface area contributed by atoms with Crippen LogP contribution in [0.1, 0.15) is 13.8 Å². The van der Waals surface area contributed by atoms with Crippen LogP contribution in [0.5, 0.6) is 17.5 Å². The fourth-order valence-corrected chi connectivity index (χ4v) is 1.59. The summed E-state index contributed by atoms with van der Waals surface area (Å²) in [6, 6.07) is 3.95. The molecule has 5 nitrogen and oxygen atoms in total. The molecule has 0 radical (unpaired) electrons. The fourth-order valence-electron chi connectivity index (χ4n) is 1.41. The molecule has 20 heavy (non-hydrogen) atoms. The molecule has 0 fully saturated rings. The number of nitrogens with two attached hydrogens (primary N) is 1. The van der Waals surface area contributed by atoms with Gasteiger partial charge in [0.1, 0.15) is 17.9 Å². The van der Waals surface area contributed by atoms with Crippen LogP contribution in [0.15, 0.2) is 24.5 Å². The molecule has 0 saturated heterocycles. The van der Waals surface area contributed by atoms with Crippen molar-refractivity contribution >= 4 is 17.3 Å². The van der Waals surface area contributed by atoms with Crippen LogP contribution < -0.4 is 15.2 Å². The van der Waals surface area contributed by atoms with Gasteiger partial charge in [-0.15, -0.1) is 0 Å². The van der Waals surface area contributed by atoms with Crippen LogP contribution in [0, 0.1) is 5.82 Å². The fraction of sp³-hybridized carbons (Fsp3) is 0.231. The van der Waals surface area contributed by atoms with Gasteiger partial charge in [-0.2, -0.15) is 9.97 Å². The van der Waals surface area contributed by atoms with Gasteiger partial charge in [0.15, 0.2) is 5.69 Å². The molecule has 0 spiro atoms. The molecular weight excluding hydrogens is 285 g/mol. The first-order valence-corrected chi connectivity index (χ1v) is 6.25. The summed E-state index contributed by atoms with van der Waals surface area (Å²) < 4.78 is 24.0. The molecule has 1 heterocycles. The molecular formula is C13H13ClFN3O2. The second-order valence-corrected chi connectivity index (χ2v) is 4.65. The number of hydrogen-bond donors (Lipinski definition) is 1. The second-order valence-electron chi connectivity index (χ2n) is 4.24. The Hall–Kier alpha value is -2.08. The number of nitrogen functional groups attached to an aromatic ring is 1. The van der Waals surface area contributed by atoms with Crippen LogP contribution in [0.3, 0.4) is 0 Å². The number of halogens is 2. The lowest BCUT2D eigenvalue weighted by atomic mass is 10.3. The SMILES string of the molecule is CC(C)Oc1ncnc(Oc2ccc(F)c(Cl)c2)c1N. The van der Waals surface area contributed by atoms with Crippen molar-refractivity contribution in [2.24, 2.45) is 0 Å². The van der Waals surface area contributed by atoms with Crippen LogP contribution in [-0.4, -0.2) is 16.1 Å². The molecule has 7 heteroatoms. The van der Waals surface area contributed by atoms with Crippen LogP contribution in [0.4, 0.5) is 10.1 Å². The highest BCUT2D eigenvalue weighted by Gasteiger charge is 2.13. The third kappa shape index (κ3) is 3.27. The highest BCUT2D eigenvalue weighted by atomic mass is 35.5. The predicted octanol–water partition coefficient (Wildman–Crippen LogP) is 3.43. The lowest BCUT2D eigenvalue weighted by Crippen LogP contribution is -2.10. The first kappa shape index (κ1) is 14.3. The predicted molar refractivity (Wildman–Crippen MR) is 73.7 cm³/mol. The van der Waals surface area contributed by atoms with E-state index in [0.29, 0.717) is 5.75 Å². The third-order valence-corrected chi connectivity index (χ3v) is 2.55. The molecule has 0 bridgehead atoms. The molecule has 0 aliphatic carbocycles. The van der Waals surface area contributed by atoms with Gasteiger partial charge in [0.2, 0.25) is 11.8 Å². The minimum absolute atomic E-state index is 0.0474. The van der Waals surface area contributed by atoms with Crippen molar-refractivity contribution in [2.45, 2.75) is 20.0 Å². The summed E-state index contributed by atoms with van der Waals surface area (Å²) in [5.74, 6) is 0.146. The Morgan fingerprint density at radius 1 is 1.25 bits per heavy atom. The Bertz CT molecular complexity index is 623. The van der Waals surface area contributed by atoms with E-state index in [0.717, 1.165) is 0 Å². The molecule has 1 aromatic heterocycles. The van der Waals surface area contributed by atoms with Crippen LogP contribution in [0.25, 0.3) is 0 Å². The van der Waals surface area contributed by atoms with Crippen LogP contribution in [-0.2, 0) is 0 Å². The first-order chi connectivity index (χ1) is 9.47. The van der Waals surface area contributed by atoms with Gasteiger partial charge in [-0.05, 0) is 26.0 Å². The van der Waals surface area contributed by atoms with E-state index in [1.165, 1.54) is 24.5 Å². The van der Waals surface area contributed by atoms with Crippen molar-refractivity contribution in [3.8, 4) is 17.5 Å². The van der Waals surface area contributed by atoms with E-state index in [1.54, 1.807) is 0 Å². The number of aromatic nitrogens is 2. The zero-order valence-electron chi connectivity index (χ0n) is 10.9. The monoisotopic (exact) mass is 297 g/mol. The largest absolute Gasteiger partial charge is 0.473 e. The Kier molecular flexibility index (Phi) is 4.24. The summed E-state index contributed by atoms with van der Waals surface area (Å²) in [6.45, 7) is 3.70. The second kappa shape index (κ2) is 5.92. The number of hydrogen-bond acceptors (Lipinski definition) is 5. The average Bonchev–Trinajstić information content (AvgIpc) is 2.38. The molecule has 106 valence electrons. The summed E-state index contributed by atoms with van der Waals surface area (Å²) in [5.41, 5.74) is 6.03. The first-order valence-electron chi connectivity index (χ1n) is 5.87. The van der Waals surface area contributed by atoms with Crippen LogP contribution in [0.2, 0.25) is 5.02 Å². The van der Waals surface area contributed by atoms with Gasteiger partial charge in [-0.3, -0.25) is 0 Å². The molecule has 0 aliphatic heterocycles. The van der Waals surface area contributed by atoms with E-state index in [9.17, 15) is 4.39 Å². The van der Waals surface area contributed by atoms with Gasteiger partial charge in [-0.25, -0.2) is 4.39 Å². The Labute approximate surface area is 120 Å². The molecule has 2 aromatic rings. The molecule has 0 saturated carbocycles. The summed E-state index contributed by atoms with van der Waals surface area (Å²) >= 11 is 5.68. The summed E-state index contributed by atoms with van der Waals surface area (Å²) in [4.78, 5) is 7.85. The van der Waals surface area contributed by atoms with E-state index in [-0.39, 0.29) is 28.6 Å². The molecule has 0 atom stereocenters. The smallest absolute Gasteiger partial charge is 0.249 e. The molecule has 0 aliphatic rings. The number of anilines is 1. The normalized spacial score (nSPS) is 10.7. The van der Waals surface area contributed by atoms with E-state index >= 15 is 0 Å². The van der Waals surface area contributed by atoms with Gasteiger partial charge >= 0.3 is 0 Å². The van der Waals surface area contributed by atoms with E-state index in [1.807, 2.05) is 13.8 Å². The maximum atomic E-state index is 13.1. The van der Waals surface area contributed by atoms with Crippen molar-refractivity contribution in [2.75, 3.05) is 5.73 Å². The topological polar surface area (TPSA) is 70.3 Å². The Morgan fingerprint density at radius 2 is 1.95 bits per heavy atom. The highest BCUT2D eigenvalue weighted by Crippen LogP contribution is 2.32. The summed E-state index contributed by atoms with van der Waals surface area (Å²) in [7, 11) is 0. The van der Waals surface area contributed by atoms with Crippen molar-refractivity contribution in [1.82, 2.24) is 9.97 Å². The summed E-state index contributed by atoms with van der Waals surface area (Å²) in [5, 5.41) is -0.0474. The average molecular weight is 298 g/mol. The van der Waals surface area contributed by atoms with Crippen molar-refractivity contribution in [3.05, 3.63) is 35.4 Å². The third-order valence-electron chi connectivity index (χ3n) is 2.26. The van der Waals surface area contributed by atoms with Crippen molar-refractivity contribution in [3.63, 3.8) is 0 Å².